The Hall–Kier alpha value is -2.12. The minimum atomic E-state index is -0.489. The van der Waals surface area contributed by atoms with Crippen molar-refractivity contribution in [2.24, 2.45) is 5.92 Å². The number of halogens is 1. The molecule has 0 aliphatic heterocycles. The van der Waals surface area contributed by atoms with Gasteiger partial charge in [0.1, 0.15) is 6.54 Å². The van der Waals surface area contributed by atoms with Crippen molar-refractivity contribution < 1.29 is 19.1 Å². The van der Waals surface area contributed by atoms with E-state index in [1.807, 2.05) is 0 Å². The second kappa shape index (κ2) is 10.7. The summed E-state index contributed by atoms with van der Waals surface area (Å²) in [5.41, 5.74) is 1.48. The molecule has 3 N–H and O–H groups in total. The summed E-state index contributed by atoms with van der Waals surface area (Å²) in [4.78, 5) is 34.4. The third-order valence-corrected chi connectivity index (χ3v) is 3.68. The summed E-state index contributed by atoms with van der Waals surface area (Å²) in [6, 6.07) is 7.04. The second-order valence-electron chi connectivity index (χ2n) is 5.85. The minimum Gasteiger partial charge on any atom is -0.468 e. The monoisotopic (exact) mass is 369 g/mol. The summed E-state index contributed by atoms with van der Waals surface area (Å²) in [6.07, 6.45) is 2.67. The highest BCUT2D eigenvalue weighted by atomic mass is 35.5. The van der Waals surface area contributed by atoms with Crippen LogP contribution in [0.4, 0.5) is 5.69 Å². The van der Waals surface area contributed by atoms with Gasteiger partial charge in [-0.05, 0) is 43.0 Å². The molecule has 0 bridgehead atoms. The zero-order chi connectivity index (χ0) is 17.4. The van der Waals surface area contributed by atoms with E-state index in [-0.39, 0.29) is 37.2 Å². The maximum absolute atomic E-state index is 11.8. The Balaban J connectivity index is 0.00000312. The fourth-order valence-corrected chi connectivity index (χ4v) is 2.11. The van der Waals surface area contributed by atoms with E-state index < -0.39 is 5.97 Å². The van der Waals surface area contributed by atoms with Crippen LogP contribution in [0, 0.1) is 5.92 Å². The van der Waals surface area contributed by atoms with Crippen molar-refractivity contribution in [3.63, 3.8) is 0 Å². The molecular weight excluding hydrogens is 346 g/mol. The molecule has 1 aromatic carbocycles. The number of amides is 2. The first-order valence-electron chi connectivity index (χ1n) is 8.00. The molecule has 2 amide bonds. The van der Waals surface area contributed by atoms with E-state index in [0.29, 0.717) is 12.2 Å². The van der Waals surface area contributed by atoms with Gasteiger partial charge >= 0.3 is 5.97 Å². The van der Waals surface area contributed by atoms with Crippen LogP contribution in [0.25, 0.3) is 0 Å². The van der Waals surface area contributed by atoms with E-state index in [1.54, 1.807) is 24.3 Å². The Morgan fingerprint density at radius 1 is 1.08 bits per heavy atom. The van der Waals surface area contributed by atoms with Gasteiger partial charge in [0.05, 0.1) is 20.1 Å². The van der Waals surface area contributed by atoms with Crippen molar-refractivity contribution in [2.75, 3.05) is 32.1 Å². The molecule has 1 saturated carbocycles. The predicted molar refractivity (Wildman–Crippen MR) is 96.6 cm³/mol. The number of anilines is 1. The quantitative estimate of drug-likeness (QED) is 0.561. The molecule has 0 radical (unpaired) electrons. The maximum Gasteiger partial charge on any atom is 0.325 e. The van der Waals surface area contributed by atoms with Crippen LogP contribution in [0.5, 0.6) is 0 Å². The topological polar surface area (TPSA) is 96.5 Å². The Kier molecular flexibility index (Phi) is 8.94. The van der Waals surface area contributed by atoms with Crippen LogP contribution in [0.1, 0.15) is 18.4 Å². The van der Waals surface area contributed by atoms with Gasteiger partial charge in [0, 0.05) is 5.69 Å². The van der Waals surface area contributed by atoms with Crippen LogP contribution in [-0.4, -0.2) is 44.5 Å². The number of benzene rings is 1. The zero-order valence-electron chi connectivity index (χ0n) is 14.2. The zero-order valence-corrected chi connectivity index (χ0v) is 15.0. The molecule has 0 saturated heterocycles. The number of ether oxygens (including phenoxy) is 1. The molecule has 0 heterocycles. The third-order valence-electron chi connectivity index (χ3n) is 3.68. The molecule has 25 heavy (non-hydrogen) atoms. The molecule has 0 spiro atoms. The lowest BCUT2D eigenvalue weighted by Gasteiger charge is -2.08. The van der Waals surface area contributed by atoms with Crippen molar-refractivity contribution in [1.29, 1.82) is 0 Å². The summed E-state index contributed by atoms with van der Waals surface area (Å²) < 4.78 is 4.45. The molecule has 0 unspecified atom stereocenters. The number of carbonyl (C=O) groups is 3. The minimum absolute atomic E-state index is 0. The van der Waals surface area contributed by atoms with Gasteiger partial charge < -0.3 is 20.7 Å². The van der Waals surface area contributed by atoms with Gasteiger partial charge in [-0.3, -0.25) is 14.4 Å². The fourth-order valence-electron chi connectivity index (χ4n) is 2.11. The number of hydrogen-bond donors (Lipinski definition) is 3. The van der Waals surface area contributed by atoms with Crippen LogP contribution >= 0.6 is 12.4 Å². The lowest BCUT2D eigenvalue weighted by atomic mass is 10.1. The van der Waals surface area contributed by atoms with Gasteiger partial charge in [0.15, 0.2) is 0 Å². The third kappa shape index (κ3) is 8.51. The standard InChI is InChI=1S/C17H23N3O4.ClH/c1-24-17(23)11-19-15(21)8-12-4-6-14(7-5-12)20-16(22)10-18-9-13-2-3-13;/h4-7,13,18H,2-3,8-11H2,1H3,(H,19,21)(H,20,22);1H. The Labute approximate surface area is 153 Å². The Morgan fingerprint density at radius 3 is 2.36 bits per heavy atom. The SMILES string of the molecule is COC(=O)CNC(=O)Cc1ccc(NC(=O)CNCC2CC2)cc1.Cl. The maximum atomic E-state index is 11.8. The van der Waals surface area contributed by atoms with Gasteiger partial charge in [-0.1, -0.05) is 12.1 Å². The normalized spacial score (nSPS) is 12.7. The lowest BCUT2D eigenvalue weighted by molar-refractivity contribution is -0.141. The van der Waals surface area contributed by atoms with E-state index in [9.17, 15) is 14.4 Å². The molecule has 1 fully saturated rings. The largest absolute Gasteiger partial charge is 0.468 e. The van der Waals surface area contributed by atoms with Crippen LogP contribution in [0.2, 0.25) is 0 Å². The summed E-state index contributed by atoms with van der Waals surface area (Å²) >= 11 is 0. The first kappa shape index (κ1) is 20.9. The summed E-state index contributed by atoms with van der Waals surface area (Å²) in [5.74, 6) is -0.0974. The molecule has 7 nitrogen and oxygen atoms in total. The van der Waals surface area contributed by atoms with E-state index in [2.05, 4.69) is 20.7 Å². The Morgan fingerprint density at radius 2 is 1.76 bits per heavy atom. The van der Waals surface area contributed by atoms with Crippen LogP contribution < -0.4 is 16.0 Å². The van der Waals surface area contributed by atoms with E-state index in [0.717, 1.165) is 18.0 Å². The number of rotatable bonds is 9. The number of nitrogens with one attached hydrogen (secondary N) is 3. The van der Waals surface area contributed by atoms with Gasteiger partial charge in [0.25, 0.3) is 0 Å². The van der Waals surface area contributed by atoms with Crippen molar-refractivity contribution >= 4 is 35.9 Å². The van der Waals surface area contributed by atoms with Crippen LogP contribution in [0.3, 0.4) is 0 Å². The molecular formula is C17H24ClN3O4. The molecule has 1 aromatic rings. The van der Waals surface area contributed by atoms with Gasteiger partial charge in [-0.25, -0.2) is 0 Å². The fraction of sp³-hybridized carbons (Fsp3) is 0.471. The number of carbonyl (C=O) groups excluding carboxylic acids is 3. The summed E-state index contributed by atoms with van der Waals surface area (Å²) in [7, 11) is 1.27. The molecule has 138 valence electrons. The average Bonchev–Trinajstić information content (AvgIpc) is 3.38. The summed E-state index contributed by atoms with van der Waals surface area (Å²) in [6.45, 7) is 1.05. The Bertz CT molecular complexity index is 588. The first-order valence-corrected chi connectivity index (χ1v) is 8.00. The smallest absolute Gasteiger partial charge is 0.325 e. The molecule has 2 rings (SSSR count). The van der Waals surface area contributed by atoms with Crippen LogP contribution in [-0.2, 0) is 25.5 Å². The van der Waals surface area contributed by atoms with E-state index in [4.69, 9.17) is 0 Å². The second-order valence-corrected chi connectivity index (χ2v) is 5.85. The van der Waals surface area contributed by atoms with Crippen LogP contribution in [0.15, 0.2) is 24.3 Å². The highest BCUT2D eigenvalue weighted by Crippen LogP contribution is 2.27. The van der Waals surface area contributed by atoms with Crippen molar-refractivity contribution in [3.05, 3.63) is 29.8 Å². The van der Waals surface area contributed by atoms with Gasteiger partial charge in [-0.15, -0.1) is 12.4 Å². The van der Waals surface area contributed by atoms with Crippen molar-refractivity contribution in [3.8, 4) is 0 Å². The molecule has 0 aromatic heterocycles. The lowest BCUT2D eigenvalue weighted by Crippen LogP contribution is -2.31. The predicted octanol–water partition coefficient (Wildman–Crippen LogP) is 0.878. The molecule has 0 atom stereocenters. The molecule has 1 aliphatic rings. The highest BCUT2D eigenvalue weighted by Gasteiger charge is 2.20. The number of hydrogen-bond acceptors (Lipinski definition) is 5. The van der Waals surface area contributed by atoms with Crippen molar-refractivity contribution in [2.45, 2.75) is 19.3 Å². The number of esters is 1. The van der Waals surface area contributed by atoms with E-state index >= 15 is 0 Å². The average molecular weight is 370 g/mol. The number of methoxy groups -OCH3 is 1. The summed E-state index contributed by atoms with van der Waals surface area (Å²) in [5, 5.41) is 8.41. The highest BCUT2D eigenvalue weighted by molar-refractivity contribution is 5.92. The van der Waals surface area contributed by atoms with Gasteiger partial charge in [-0.2, -0.15) is 0 Å². The first-order chi connectivity index (χ1) is 11.6. The molecule has 8 heteroatoms. The molecule has 1 aliphatic carbocycles. The van der Waals surface area contributed by atoms with Crippen molar-refractivity contribution in [1.82, 2.24) is 10.6 Å². The van der Waals surface area contributed by atoms with Gasteiger partial charge in [0.2, 0.25) is 11.8 Å². The van der Waals surface area contributed by atoms with E-state index in [1.165, 1.54) is 20.0 Å².